The lowest BCUT2D eigenvalue weighted by molar-refractivity contribution is -0.121. The lowest BCUT2D eigenvalue weighted by Gasteiger charge is -2.21. The molecule has 1 aliphatic rings. The standard InChI is InChI=1S/C10H19NO2/c1-4-9-5-11(6-10(9)13)7(2)8(3)12/h7,9-10,13H,4-6H2,1-3H3. The Morgan fingerprint density at radius 3 is 2.62 bits per heavy atom. The fourth-order valence-electron chi connectivity index (χ4n) is 1.86. The second kappa shape index (κ2) is 4.20. The lowest BCUT2D eigenvalue weighted by Crippen LogP contribution is -2.36. The number of nitrogens with zero attached hydrogens (tertiary/aromatic N) is 1. The molecule has 0 amide bonds. The molecule has 3 nitrogen and oxygen atoms in total. The van der Waals surface area contributed by atoms with Crippen LogP contribution in [0.2, 0.25) is 0 Å². The molecule has 3 atom stereocenters. The minimum atomic E-state index is -0.244. The number of likely N-dealkylation sites (tertiary alicyclic amines) is 1. The zero-order chi connectivity index (χ0) is 10.0. The van der Waals surface area contributed by atoms with Crippen molar-refractivity contribution in [3.05, 3.63) is 0 Å². The number of aliphatic hydroxyl groups excluding tert-OH is 1. The molecular formula is C10H19NO2. The molecule has 0 aromatic heterocycles. The molecule has 1 rings (SSSR count). The third kappa shape index (κ3) is 2.29. The zero-order valence-electron chi connectivity index (χ0n) is 8.66. The molecule has 0 saturated carbocycles. The predicted octanol–water partition coefficient (Wildman–Crippen LogP) is 0.667. The molecule has 3 heteroatoms. The summed E-state index contributed by atoms with van der Waals surface area (Å²) in [7, 11) is 0. The van der Waals surface area contributed by atoms with Gasteiger partial charge >= 0.3 is 0 Å². The first-order valence-corrected chi connectivity index (χ1v) is 4.98. The summed E-state index contributed by atoms with van der Waals surface area (Å²) in [5.41, 5.74) is 0. The van der Waals surface area contributed by atoms with Crippen LogP contribution in [0, 0.1) is 5.92 Å². The van der Waals surface area contributed by atoms with Gasteiger partial charge in [-0.05, 0) is 26.2 Å². The number of carbonyl (C=O) groups is 1. The van der Waals surface area contributed by atoms with Crippen molar-refractivity contribution in [3.8, 4) is 0 Å². The minimum absolute atomic E-state index is 0.0359. The van der Waals surface area contributed by atoms with Crippen LogP contribution < -0.4 is 0 Å². The van der Waals surface area contributed by atoms with Crippen molar-refractivity contribution in [2.75, 3.05) is 13.1 Å². The number of β-amino-alcohol motifs (C(OH)–C–C–N with tert-alkyl or cyclic N) is 1. The van der Waals surface area contributed by atoms with Gasteiger partial charge in [-0.25, -0.2) is 0 Å². The van der Waals surface area contributed by atoms with E-state index in [0.717, 1.165) is 13.0 Å². The molecule has 1 saturated heterocycles. The summed E-state index contributed by atoms with van der Waals surface area (Å²) in [4.78, 5) is 13.2. The van der Waals surface area contributed by atoms with Gasteiger partial charge in [0.25, 0.3) is 0 Å². The van der Waals surface area contributed by atoms with Gasteiger partial charge in [0.1, 0.15) is 5.78 Å². The van der Waals surface area contributed by atoms with Gasteiger partial charge in [0.15, 0.2) is 0 Å². The highest BCUT2D eigenvalue weighted by Gasteiger charge is 2.33. The molecule has 1 aliphatic heterocycles. The fourth-order valence-corrected chi connectivity index (χ4v) is 1.86. The van der Waals surface area contributed by atoms with Crippen LogP contribution in [0.4, 0.5) is 0 Å². The number of rotatable bonds is 3. The Labute approximate surface area is 79.7 Å². The Morgan fingerprint density at radius 2 is 2.23 bits per heavy atom. The molecule has 76 valence electrons. The van der Waals surface area contributed by atoms with Gasteiger partial charge < -0.3 is 5.11 Å². The molecule has 0 radical (unpaired) electrons. The summed E-state index contributed by atoms with van der Waals surface area (Å²) in [6.45, 7) is 7.11. The van der Waals surface area contributed by atoms with Crippen LogP contribution in [0.1, 0.15) is 27.2 Å². The van der Waals surface area contributed by atoms with Crippen LogP contribution >= 0.6 is 0 Å². The van der Waals surface area contributed by atoms with E-state index in [9.17, 15) is 9.90 Å². The summed E-state index contributed by atoms with van der Waals surface area (Å²) >= 11 is 0. The van der Waals surface area contributed by atoms with E-state index < -0.39 is 0 Å². The van der Waals surface area contributed by atoms with E-state index in [0.29, 0.717) is 12.5 Å². The van der Waals surface area contributed by atoms with Crippen molar-refractivity contribution in [2.24, 2.45) is 5.92 Å². The van der Waals surface area contributed by atoms with E-state index in [2.05, 4.69) is 11.8 Å². The summed E-state index contributed by atoms with van der Waals surface area (Å²) in [5.74, 6) is 0.533. The van der Waals surface area contributed by atoms with Crippen LogP contribution in [0.25, 0.3) is 0 Å². The third-order valence-corrected chi connectivity index (χ3v) is 3.10. The van der Waals surface area contributed by atoms with Crippen LogP contribution in [-0.2, 0) is 4.79 Å². The number of aliphatic hydroxyl groups is 1. The van der Waals surface area contributed by atoms with Gasteiger partial charge in [-0.2, -0.15) is 0 Å². The summed E-state index contributed by atoms with van der Waals surface area (Å²) in [6, 6.07) is -0.0359. The van der Waals surface area contributed by atoms with Crippen molar-refractivity contribution < 1.29 is 9.90 Å². The number of carbonyl (C=O) groups excluding carboxylic acids is 1. The Kier molecular flexibility index (Phi) is 3.45. The fraction of sp³-hybridized carbons (Fsp3) is 0.900. The number of ketones is 1. The monoisotopic (exact) mass is 185 g/mol. The van der Waals surface area contributed by atoms with Gasteiger partial charge in [0.2, 0.25) is 0 Å². The summed E-state index contributed by atoms with van der Waals surface area (Å²) < 4.78 is 0. The van der Waals surface area contributed by atoms with Crippen molar-refractivity contribution in [2.45, 2.75) is 39.3 Å². The average Bonchev–Trinajstić information content (AvgIpc) is 2.45. The molecule has 0 aromatic carbocycles. The summed E-state index contributed by atoms with van der Waals surface area (Å²) in [5, 5.41) is 9.64. The highest BCUT2D eigenvalue weighted by molar-refractivity contribution is 5.80. The highest BCUT2D eigenvalue weighted by Crippen LogP contribution is 2.21. The number of hydrogen-bond acceptors (Lipinski definition) is 3. The minimum Gasteiger partial charge on any atom is -0.391 e. The third-order valence-electron chi connectivity index (χ3n) is 3.10. The Balaban J connectivity index is 2.52. The number of hydrogen-bond donors (Lipinski definition) is 1. The lowest BCUT2D eigenvalue weighted by atomic mass is 10.0. The van der Waals surface area contributed by atoms with E-state index >= 15 is 0 Å². The van der Waals surface area contributed by atoms with E-state index in [1.807, 2.05) is 6.92 Å². The second-order valence-corrected chi connectivity index (χ2v) is 3.98. The van der Waals surface area contributed by atoms with Crippen molar-refractivity contribution >= 4 is 5.78 Å². The van der Waals surface area contributed by atoms with E-state index in [1.165, 1.54) is 0 Å². The van der Waals surface area contributed by atoms with Gasteiger partial charge in [-0.15, -0.1) is 0 Å². The Hall–Kier alpha value is -0.410. The molecule has 3 unspecified atom stereocenters. The van der Waals surface area contributed by atoms with E-state index in [-0.39, 0.29) is 17.9 Å². The Bertz CT molecular complexity index is 193. The molecular weight excluding hydrogens is 166 g/mol. The smallest absolute Gasteiger partial charge is 0.146 e. The molecule has 0 spiro atoms. The van der Waals surface area contributed by atoms with Crippen molar-refractivity contribution in [3.63, 3.8) is 0 Å². The molecule has 0 aliphatic carbocycles. The van der Waals surface area contributed by atoms with Gasteiger partial charge in [-0.1, -0.05) is 6.92 Å². The number of Topliss-reactive ketones (excluding diaryl/α,β-unsaturated/α-hetero) is 1. The molecule has 1 N–H and O–H groups in total. The first kappa shape index (κ1) is 10.7. The molecule has 1 fully saturated rings. The topological polar surface area (TPSA) is 40.5 Å². The van der Waals surface area contributed by atoms with Gasteiger partial charge in [0, 0.05) is 13.1 Å². The molecule has 0 aromatic rings. The molecule has 1 heterocycles. The normalized spacial score (nSPS) is 32.0. The van der Waals surface area contributed by atoms with Crippen molar-refractivity contribution in [1.29, 1.82) is 0 Å². The summed E-state index contributed by atoms with van der Waals surface area (Å²) in [6.07, 6.45) is 0.745. The molecule has 0 bridgehead atoms. The second-order valence-electron chi connectivity index (χ2n) is 3.98. The first-order valence-electron chi connectivity index (χ1n) is 4.98. The van der Waals surface area contributed by atoms with Crippen LogP contribution in [0.5, 0.6) is 0 Å². The quantitative estimate of drug-likeness (QED) is 0.702. The van der Waals surface area contributed by atoms with Gasteiger partial charge in [-0.3, -0.25) is 9.69 Å². The van der Waals surface area contributed by atoms with Crippen LogP contribution in [0.15, 0.2) is 0 Å². The predicted molar refractivity (Wildman–Crippen MR) is 51.5 cm³/mol. The van der Waals surface area contributed by atoms with Crippen LogP contribution in [0.3, 0.4) is 0 Å². The SMILES string of the molecule is CCC1CN(C(C)C(C)=O)CC1O. The van der Waals surface area contributed by atoms with Crippen molar-refractivity contribution in [1.82, 2.24) is 4.90 Å². The Morgan fingerprint density at radius 1 is 1.62 bits per heavy atom. The van der Waals surface area contributed by atoms with E-state index in [4.69, 9.17) is 0 Å². The maximum Gasteiger partial charge on any atom is 0.146 e. The first-order chi connectivity index (χ1) is 6.06. The zero-order valence-corrected chi connectivity index (χ0v) is 8.66. The van der Waals surface area contributed by atoms with Crippen LogP contribution in [-0.4, -0.2) is 41.0 Å². The maximum absolute atomic E-state index is 11.1. The van der Waals surface area contributed by atoms with E-state index in [1.54, 1.807) is 6.92 Å². The maximum atomic E-state index is 11.1. The highest BCUT2D eigenvalue weighted by atomic mass is 16.3. The largest absolute Gasteiger partial charge is 0.391 e. The average molecular weight is 185 g/mol. The van der Waals surface area contributed by atoms with Gasteiger partial charge in [0.05, 0.1) is 12.1 Å². The molecule has 13 heavy (non-hydrogen) atoms.